The van der Waals surface area contributed by atoms with Crippen LogP contribution in [0.4, 0.5) is 23.7 Å². The first-order valence-corrected chi connectivity index (χ1v) is 7.36. The molecule has 1 heterocycles. The number of carbonyl (C=O) groups is 1. The van der Waals surface area contributed by atoms with Crippen LogP contribution in [0, 0.1) is 5.92 Å². The lowest BCUT2D eigenvalue weighted by atomic mass is 10.1. The number of amides is 2. The normalized spacial score (nSPS) is 18.1. The quantitative estimate of drug-likeness (QED) is 0.891. The Hall–Kier alpha value is -1.96. The number of likely N-dealkylation sites (tertiary alicyclic amines) is 1. The number of hydrogen-bond acceptors (Lipinski definition) is 3. The molecule has 1 atom stereocenters. The van der Waals surface area contributed by atoms with E-state index in [-0.39, 0.29) is 30.6 Å². The number of anilines is 1. The minimum absolute atomic E-state index is 0.00798. The second-order valence-corrected chi connectivity index (χ2v) is 5.36. The monoisotopic (exact) mass is 332 g/mol. The molecule has 0 aliphatic carbocycles. The number of urea groups is 1. The fraction of sp³-hybridized carbons (Fsp3) is 0.533. The molecule has 128 valence electrons. The van der Waals surface area contributed by atoms with Crippen LogP contribution in [-0.2, 0) is 6.18 Å². The van der Waals surface area contributed by atoms with E-state index in [2.05, 4.69) is 5.32 Å². The number of nitrogens with zero attached hydrogens (tertiary/aromatic N) is 1. The van der Waals surface area contributed by atoms with Crippen LogP contribution in [0.2, 0.25) is 0 Å². The van der Waals surface area contributed by atoms with Crippen molar-refractivity contribution in [3.05, 3.63) is 23.8 Å². The number of nitrogens with one attached hydrogen (secondary N) is 1. The third kappa shape index (κ3) is 4.28. The number of ether oxygens (including phenoxy) is 1. The van der Waals surface area contributed by atoms with Gasteiger partial charge in [-0.1, -0.05) is 0 Å². The first-order chi connectivity index (χ1) is 10.8. The molecule has 1 aliphatic heterocycles. The molecule has 1 aromatic rings. The maximum absolute atomic E-state index is 12.8. The summed E-state index contributed by atoms with van der Waals surface area (Å²) < 4.78 is 43.8. The third-order valence-corrected chi connectivity index (χ3v) is 3.68. The van der Waals surface area contributed by atoms with Crippen molar-refractivity contribution >= 4 is 11.7 Å². The second-order valence-electron chi connectivity index (χ2n) is 5.36. The summed E-state index contributed by atoms with van der Waals surface area (Å²) >= 11 is 0. The number of benzene rings is 1. The first-order valence-electron chi connectivity index (χ1n) is 7.36. The Balaban J connectivity index is 2.17. The number of hydrogen-bond donors (Lipinski definition) is 2. The highest BCUT2D eigenvalue weighted by Crippen LogP contribution is 2.35. The molecule has 1 aromatic carbocycles. The van der Waals surface area contributed by atoms with Gasteiger partial charge in [0.15, 0.2) is 0 Å². The van der Waals surface area contributed by atoms with Crippen LogP contribution in [0.1, 0.15) is 18.9 Å². The van der Waals surface area contributed by atoms with Gasteiger partial charge in [0.1, 0.15) is 5.75 Å². The lowest BCUT2D eigenvalue weighted by molar-refractivity contribution is -0.137. The molecule has 0 radical (unpaired) electrons. The minimum Gasteiger partial charge on any atom is -0.492 e. The van der Waals surface area contributed by atoms with Crippen LogP contribution in [-0.4, -0.2) is 42.3 Å². The summed E-state index contributed by atoms with van der Waals surface area (Å²) in [6.07, 6.45) is -3.83. The van der Waals surface area contributed by atoms with Crippen LogP contribution in [0.3, 0.4) is 0 Å². The van der Waals surface area contributed by atoms with Gasteiger partial charge < -0.3 is 20.1 Å². The van der Waals surface area contributed by atoms with Crippen molar-refractivity contribution in [2.45, 2.75) is 19.5 Å². The lowest BCUT2D eigenvalue weighted by Crippen LogP contribution is -2.33. The van der Waals surface area contributed by atoms with E-state index in [1.807, 2.05) is 0 Å². The molecular formula is C15H19F3N2O3. The average molecular weight is 332 g/mol. The van der Waals surface area contributed by atoms with Crippen molar-refractivity contribution in [2.75, 3.05) is 31.6 Å². The Morgan fingerprint density at radius 3 is 2.78 bits per heavy atom. The molecule has 1 unspecified atom stereocenters. The molecule has 8 heteroatoms. The van der Waals surface area contributed by atoms with E-state index in [1.165, 1.54) is 11.0 Å². The summed E-state index contributed by atoms with van der Waals surface area (Å²) in [6.45, 7) is 2.79. The molecule has 0 bridgehead atoms. The third-order valence-electron chi connectivity index (χ3n) is 3.68. The van der Waals surface area contributed by atoms with Crippen molar-refractivity contribution in [3.8, 4) is 5.75 Å². The van der Waals surface area contributed by atoms with Crippen molar-refractivity contribution in [1.82, 2.24) is 4.90 Å². The number of alkyl halides is 3. The number of halogens is 3. The predicted octanol–water partition coefficient (Wildman–Crippen LogP) is 2.95. The van der Waals surface area contributed by atoms with Gasteiger partial charge in [0.05, 0.1) is 17.9 Å². The summed E-state index contributed by atoms with van der Waals surface area (Å²) in [5, 5.41) is 11.6. The van der Waals surface area contributed by atoms with Gasteiger partial charge in [0.25, 0.3) is 0 Å². The molecule has 2 amide bonds. The maximum Gasteiger partial charge on any atom is 0.416 e. The number of aliphatic hydroxyl groups excluding tert-OH is 1. The van der Waals surface area contributed by atoms with Crippen molar-refractivity contribution in [3.63, 3.8) is 0 Å². The molecule has 23 heavy (non-hydrogen) atoms. The highest BCUT2D eigenvalue weighted by atomic mass is 19.4. The summed E-state index contributed by atoms with van der Waals surface area (Å²) in [5.74, 6) is 0.195. The molecule has 1 aliphatic rings. The number of rotatable bonds is 4. The molecule has 0 saturated carbocycles. The van der Waals surface area contributed by atoms with Crippen molar-refractivity contribution < 1.29 is 27.8 Å². The van der Waals surface area contributed by atoms with E-state index in [0.717, 1.165) is 12.1 Å². The maximum atomic E-state index is 12.8. The fourth-order valence-electron chi connectivity index (χ4n) is 2.45. The highest BCUT2D eigenvalue weighted by molar-refractivity contribution is 5.91. The number of aliphatic hydroxyl groups is 1. The predicted molar refractivity (Wildman–Crippen MR) is 78.4 cm³/mol. The van der Waals surface area contributed by atoms with Crippen molar-refractivity contribution in [1.29, 1.82) is 0 Å². The van der Waals surface area contributed by atoms with Gasteiger partial charge in [-0.25, -0.2) is 4.79 Å². The van der Waals surface area contributed by atoms with Crippen LogP contribution in [0.15, 0.2) is 18.2 Å². The molecule has 1 fully saturated rings. The van der Waals surface area contributed by atoms with E-state index < -0.39 is 17.8 Å². The summed E-state index contributed by atoms with van der Waals surface area (Å²) in [4.78, 5) is 13.7. The lowest BCUT2D eigenvalue weighted by Gasteiger charge is -2.19. The Labute approximate surface area is 132 Å². The smallest absolute Gasteiger partial charge is 0.416 e. The Kier molecular flexibility index (Phi) is 5.35. The summed E-state index contributed by atoms with van der Waals surface area (Å²) in [5.41, 5.74) is -0.870. The van der Waals surface area contributed by atoms with Gasteiger partial charge in [-0.15, -0.1) is 0 Å². The van der Waals surface area contributed by atoms with Crippen LogP contribution < -0.4 is 10.1 Å². The zero-order valence-corrected chi connectivity index (χ0v) is 12.7. The summed E-state index contributed by atoms with van der Waals surface area (Å²) in [6, 6.07) is 2.48. The second kappa shape index (κ2) is 7.08. The number of carbonyl (C=O) groups excluding carboxylic acids is 1. The van der Waals surface area contributed by atoms with Crippen LogP contribution in [0.25, 0.3) is 0 Å². The Morgan fingerprint density at radius 1 is 1.48 bits per heavy atom. The molecule has 1 saturated heterocycles. The topological polar surface area (TPSA) is 61.8 Å². The van der Waals surface area contributed by atoms with E-state index in [1.54, 1.807) is 6.92 Å². The van der Waals surface area contributed by atoms with Gasteiger partial charge in [0, 0.05) is 25.6 Å². The Morgan fingerprint density at radius 2 is 2.22 bits per heavy atom. The van der Waals surface area contributed by atoms with Crippen LogP contribution in [0.5, 0.6) is 5.75 Å². The van der Waals surface area contributed by atoms with Gasteiger partial charge in [-0.05, 0) is 31.5 Å². The molecule has 0 spiro atoms. The van der Waals surface area contributed by atoms with E-state index >= 15 is 0 Å². The first kappa shape index (κ1) is 17.4. The standard InChI is InChI=1S/C15H19F3N2O3/c1-2-23-13-4-3-11(15(16,17)18)7-12(13)19-14(22)20-6-5-10(8-20)9-21/h3-4,7,10,21H,2,5-6,8-9H2,1H3,(H,19,22). The van der Waals surface area contributed by atoms with Crippen LogP contribution >= 0.6 is 0 Å². The molecule has 0 aromatic heterocycles. The molecular weight excluding hydrogens is 313 g/mol. The van der Waals surface area contributed by atoms with Gasteiger partial charge in [-0.2, -0.15) is 13.2 Å². The van der Waals surface area contributed by atoms with Crippen molar-refractivity contribution in [2.24, 2.45) is 5.92 Å². The summed E-state index contributed by atoms with van der Waals surface area (Å²) in [7, 11) is 0. The molecule has 2 N–H and O–H groups in total. The van der Waals surface area contributed by atoms with E-state index in [0.29, 0.717) is 19.5 Å². The van der Waals surface area contributed by atoms with E-state index in [4.69, 9.17) is 9.84 Å². The molecule has 2 rings (SSSR count). The largest absolute Gasteiger partial charge is 0.492 e. The fourth-order valence-corrected chi connectivity index (χ4v) is 2.45. The van der Waals surface area contributed by atoms with Gasteiger partial charge in [-0.3, -0.25) is 0 Å². The van der Waals surface area contributed by atoms with Gasteiger partial charge in [0.2, 0.25) is 0 Å². The minimum atomic E-state index is -4.50. The zero-order valence-electron chi connectivity index (χ0n) is 12.7. The SMILES string of the molecule is CCOc1ccc(C(F)(F)F)cc1NC(=O)N1CCC(CO)C1. The Bertz CT molecular complexity index is 563. The average Bonchev–Trinajstić information content (AvgIpc) is 2.97. The molecule has 5 nitrogen and oxygen atoms in total. The zero-order chi connectivity index (χ0) is 17.0. The van der Waals surface area contributed by atoms with E-state index in [9.17, 15) is 18.0 Å². The highest BCUT2D eigenvalue weighted by Gasteiger charge is 2.32. The van der Waals surface area contributed by atoms with Gasteiger partial charge >= 0.3 is 12.2 Å².